The van der Waals surface area contributed by atoms with Crippen molar-refractivity contribution in [2.45, 2.75) is 51.5 Å². The molecule has 2 unspecified atom stereocenters. The van der Waals surface area contributed by atoms with Crippen molar-refractivity contribution in [1.29, 1.82) is 0 Å². The highest BCUT2D eigenvalue weighted by atomic mass is 16.5. The number of esters is 1. The molecule has 0 aromatic heterocycles. The third-order valence-electron chi connectivity index (χ3n) is 3.46. The lowest BCUT2D eigenvalue weighted by Gasteiger charge is -2.30. The Balaban J connectivity index is 2.74. The summed E-state index contributed by atoms with van der Waals surface area (Å²) in [7, 11) is 1.48. The van der Waals surface area contributed by atoms with E-state index in [1.54, 1.807) is 0 Å². The van der Waals surface area contributed by atoms with E-state index in [-0.39, 0.29) is 5.97 Å². The molecule has 0 spiro atoms. The van der Waals surface area contributed by atoms with E-state index < -0.39 is 5.54 Å². The van der Waals surface area contributed by atoms with Gasteiger partial charge < -0.3 is 10.1 Å². The second kappa shape index (κ2) is 5.50. The zero-order chi connectivity index (χ0) is 11.3. The Morgan fingerprint density at radius 1 is 1.47 bits per heavy atom. The molecule has 1 fully saturated rings. The first-order valence-corrected chi connectivity index (χ1v) is 5.98. The summed E-state index contributed by atoms with van der Waals surface area (Å²) < 4.78 is 4.93. The maximum Gasteiger partial charge on any atom is 0.326 e. The average molecular weight is 213 g/mol. The van der Waals surface area contributed by atoms with Gasteiger partial charge in [-0.25, -0.2) is 0 Å². The van der Waals surface area contributed by atoms with Crippen LogP contribution >= 0.6 is 0 Å². The van der Waals surface area contributed by atoms with Crippen LogP contribution in [0.4, 0.5) is 0 Å². The van der Waals surface area contributed by atoms with Gasteiger partial charge in [-0.2, -0.15) is 0 Å². The summed E-state index contributed by atoms with van der Waals surface area (Å²) >= 11 is 0. The van der Waals surface area contributed by atoms with Crippen LogP contribution in [0.5, 0.6) is 0 Å². The smallest absolute Gasteiger partial charge is 0.326 e. The monoisotopic (exact) mass is 213 g/mol. The minimum atomic E-state index is -0.408. The van der Waals surface area contributed by atoms with Gasteiger partial charge >= 0.3 is 5.97 Å². The molecule has 0 saturated heterocycles. The van der Waals surface area contributed by atoms with Crippen LogP contribution in [-0.2, 0) is 9.53 Å². The maximum atomic E-state index is 11.9. The fourth-order valence-corrected chi connectivity index (χ4v) is 2.50. The number of hydrogen-bond donors (Lipinski definition) is 1. The normalized spacial score (nSPS) is 32.1. The zero-order valence-electron chi connectivity index (χ0n) is 10.1. The van der Waals surface area contributed by atoms with Crippen LogP contribution in [0.3, 0.4) is 0 Å². The summed E-state index contributed by atoms with van der Waals surface area (Å²) in [6.07, 6.45) is 5.28. The Kier molecular flexibility index (Phi) is 4.58. The van der Waals surface area contributed by atoms with Crippen LogP contribution in [-0.4, -0.2) is 25.2 Å². The molecule has 0 aromatic rings. The number of ether oxygens (including phenoxy) is 1. The van der Waals surface area contributed by atoms with Crippen LogP contribution in [0.15, 0.2) is 0 Å². The van der Waals surface area contributed by atoms with E-state index in [0.717, 1.165) is 38.1 Å². The highest BCUT2D eigenvalue weighted by molar-refractivity contribution is 5.80. The van der Waals surface area contributed by atoms with Crippen molar-refractivity contribution in [1.82, 2.24) is 5.32 Å². The van der Waals surface area contributed by atoms with E-state index in [1.807, 2.05) is 6.92 Å². The molecule has 0 aliphatic heterocycles. The van der Waals surface area contributed by atoms with Crippen LogP contribution in [0.2, 0.25) is 0 Å². The molecule has 0 aromatic carbocycles. The van der Waals surface area contributed by atoms with Crippen molar-refractivity contribution >= 4 is 5.97 Å². The minimum Gasteiger partial charge on any atom is -0.468 e. The molecular weight excluding hydrogens is 190 g/mol. The van der Waals surface area contributed by atoms with E-state index in [1.165, 1.54) is 13.5 Å². The predicted octanol–water partition coefficient (Wildman–Crippen LogP) is 2.11. The molecule has 1 aliphatic rings. The average Bonchev–Trinajstić information content (AvgIpc) is 2.42. The fourth-order valence-electron chi connectivity index (χ4n) is 2.50. The summed E-state index contributed by atoms with van der Waals surface area (Å²) in [6, 6.07) is 0. The summed E-state index contributed by atoms with van der Waals surface area (Å²) in [5.74, 6) is 0.647. The van der Waals surface area contributed by atoms with Crippen molar-refractivity contribution in [2.75, 3.05) is 13.7 Å². The van der Waals surface area contributed by atoms with Crippen molar-refractivity contribution in [3.63, 3.8) is 0 Å². The topological polar surface area (TPSA) is 38.3 Å². The molecule has 3 nitrogen and oxygen atoms in total. The van der Waals surface area contributed by atoms with Crippen LogP contribution in [0, 0.1) is 5.92 Å². The summed E-state index contributed by atoms with van der Waals surface area (Å²) in [5.41, 5.74) is -0.408. The van der Waals surface area contributed by atoms with Crippen molar-refractivity contribution in [3.8, 4) is 0 Å². The summed E-state index contributed by atoms with van der Waals surface area (Å²) in [4.78, 5) is 11.9. The molecule has 1 saturated carbocycles. The third-order valence-corrected chi connectivity index (χ3v) is 3.46. The van der Waals surface area contributed by atoms with Crippen LogP contribution in [0.1, 0.15) is 46.0 Å². The first-order valence-electron chi connectivity index (χ1n) is 5.98. The molecular formula is C12H23NO2. The minimum absolute atomic E-state index is 0.0848. The molecule has 3 heteroatoms. The van der Waals surface area contributed by atoms with Gasteiger partial charge in [0, 0.05) is 0 Å². The zero-order valence-corrected chi connectivity index (χ0v) is 10.1. The lowest BCUT2D eigenvalue weighted by molar-refractivity contribution is -0.149. The molecule has 15 heavy (non-hydrogen) atoms. The van der Waals surface area contributed by atoms with Gasteiger partial charge in [-0.3, -0.25) is 4.79 Å². The van der Waals surface area contributed by atoms with Gasteiger partial charge in [0.25, 0.3) is 0 Å². The molecule has 0 bridgehead atoms. The fraction of sp³-hybridized carbons (Fsp3) is 0.917. The number of nitrogens with one attached hydrogen (secondary N) is 1. The van der Waals surface area contributed by atoms with Gasteiger partial charge in [0.15, 0.2) is 0 Å². The van der Waals surface area contributed by atoms with E-state index >= 15 is 0 Å². The van der Waals surface area contributed by atoms with E-state index in [9.17, 15) is 4.79 Å². The third kappa shape index (κ3) is 2.94. The highest BCUT2D eigenvalue weighted by Crippen LogP contribution is 2.31. The lowest BCUT2D eigenvalue weighted by atomic mass is 9.89. The Morgan fingerprint density at radius 3 is 2.80 bits per heavy atom. The Hall–Kier alpha value is -0.570. The molecule has 0 heterocycles. The molecule has 1 rings (SSSR count). The van der Waals surface area contributed by atoms with Crippen LogP contribution in [0.25, 0.3) is 0 Å². The second-order valence-corrected chi connectivity index (χ2v) is 4.64. The molecule has 88 valence electrons. The Bertz CT molecular complexity index is 218. The van der Waals surface area contributed by atoms with Gasteiger partial charge in [0.05, 0.1) is 7.11 Å². The molecule has 1 N–H and O–H groups in total. The Morgan fingerprint density at radius 2 is 2.20 bits per heavy atom. The number of hydrogen-bond acceptors (Lipinski definition) is 3. The maximum absolute atomic E-state index is 11.9. The van der Waals surface area contributed by atoms with Crippen molar-refractivity contribution < 1.29 is 9.53 Å². The van der Waals surface area contributed by atoms with Gasteiger partial charge in [0.1, 0.15) is 5.54 Å². The lowest BCUT2D eigenvalue weighted by Crippen LogP contribution is -2.52. The first-order chi connectivity index (χ1) is 7.14. The molecule has 1 aliphatic carbocycles. The van der Waals surface area contributed by atoms with Crippen molar-refractivity contribution in [2.24, 2.45) is 5.92 Å². The molecule has 0 amide bonds. The summed E-state index contributed by atoms with van der Waals surface area (Å²) in [6.45, 7) is 5.13. The highest BCUT2D eigenvalue weighted by Gasteiger charge is 2.39. The summed E-state index contributed by atoms with van der Waals surface area (Å²) in [5, 5.41) is 3.33. The van der Waals surface area contributed by atoms with Gasteiger partial charge in [-0.05, 0) is 31.7 Å². The quantitative estimate of drug-likeness (QED) is 0.576. The number of carbonyl (C=O) groups excluding carboxylic acids is 1. The van der Waals surface area contributed by atoms with Crippen molar-refractivity contribution in [3.05, 3.63) is 0 Å². The van der Waals surface area contributed by atoms with E-state index in [2.05, 4.69) is 12.2 Å². The van der Waals surface area contributed by atoms with Crippen LogP contribution < -0.4 is 5.32 Å². The molecule has 2 atom stereocenters. The number of rotatable bonds is 3. The number of methoxy groups -OCH3 is 1. The van der Waals surface area contributed by atoms with Gasteiger partial charge in [-0.1, -0.05) is 26.7 Å². The SMILES string of the molecule is CCNC1(C(=O)OC)CCCC(C)CC1. The van der Waals surface area contributed by atoms with Gasteiger partial charge in [-0.15, -0.1) is 0 Å². The predicted molar refractivity (Wildman–Crippen MR) is 60.7 cm³/mol. The standard InChI is InChI=1S/C12H23NO2/c1-4-13-12(11(14)15-3)8-5-6-10(2)7-9-12/h10,13H,4-9H2,1-3H3. The second-order valence-electron chi connectivity index (χ2n) is 4.64. The first kappa shape index (κ1) is 12.5. The number of likely N-dealkylation sites (N-methyl/N-ethyl adjacent to an activating group) is 1. The molecule has 0 radical (unpaired) electrons. The largest absolute Gasteiger partial charge is 0.468 e. The Labute approximate surface area is 92.6 Å². The van der Waals surface area contributed by atoms with E-state index in [4.69, 9.17) is 4.74 Å². The van der Waals surface area contributed by atoms with Gasteiger partial charge in [0.2, 0.25) is 0 Å². The van der Waals surface area contributed by atoms with E-state index in [0.29, 0.717) is 0 Å². The number of carbonyl (C=O) groups is 1.